The molecular weight excluding hydrogens is 220 g/mol. The van der Waals surface area contributed by atoms with Crippen LogP contribution in [0.5, 0.6) is 0 Å². The number of fused-ring (bicyclic) bond motifs is 3. The molecule has 1 fully saturated rings. The Labute approximate surface area is 108 Å². The molecule has 0 amide bonds. The third kappa shape index (κ3) is 1.45. The van der Waals surface area contributed by atoms with Crippen LogP contribution in [0.2, 0.25) is 0 Å². The Hall–Kier alpha value is -1.28. The van der Waals surface area contributed by atoms with Crippen LogP contribution in [0.1, 0.15) is 37.4 Å². The standard InChI is InChI=1S/C16H20N2/c1-11-9-14-13-7-2-3-8-15(13)17-16(14)10-18(11)12-5-4-6-12/h2-3,7-8,11-12,17H,4-6,9-10H2,1H3/t11-/m1/s1. The van der Waals surface area contributed by atoms with Crippen LogP contribution in [0, 0.1) is 0 Å². The molecule has 18 heavy (non-hydrogen) atoms. The van der Waals surface area contributed by atoms with Crippen molar-refractivity contribution >= 4 is 10.9 Å². The number of para-hydroxylation sites is 1. The van der Waals surface area contributed by atoms with E-state index in [0.29, 0.717) is 6.04 Å². The van der Waals surface area contributed by atoms with Gasteiger partial charge in [-0.1, -0.05) is 24.6 Å². The van der Waals surface area contributed by atoms with Gasteiger partial charge in [0.05, 0.1) is 0 Å². The van der Waals surface area contributed by atoms with Gasteiger partial charge in [0.2, 0.25) is 0 Å². The monoisotopic (exact) mass is 240 g/mol. The summed E-state index contributed by atoms with van der Waals surface area (Å²) in [5, 5.41) is 1.44. The summed E-state index contributed by atoms with van der Waals surface area (Å²) in [6, 6.07) is 10.3. The Balaban J connectivity index is 1.76. The van der Waals surface area contributed by atoms with Crippen molar-refractivity contribution in [2.75, 3.05) is 0 Å². The first kappa shape index (κ1) is 10.6. The number of nitrogens with one attached hydrogen (secondary N) is 1. The Morgan fingerprint density at radius 2 is 2.06 bits per heavy atom. The third-order valence-electron chi connectivity index (χ3n) is 4.85. The van der Waals surface area contributed by atoms with Crippen LogP contribution in [0.15, 0.2) is 24.3 Å². The highest BCUT2D eigenvalue weighted by molar-refractivity contribution is 5.84. The van der Waals surface area contributed by atoms with E-state index < -0.39 is 0 Å². The Morgan fingerprint density at radius 3 is 2.83 bits per heavy atom. The third-order valence-corrected chi connectivity index (χ3v) is 4.85. The van der Waals surface area contributed by atoms with Gasteiger partial charge in [0.1, 0.15) is 0 Å². The van der Waals surface area contributed by atoms with Gasteiger partial charge in [-0.3, -0.25) is 4.90 Å². The van der Waals surface area contributed by atoms with E-state index in [9.17, 15) is 0 Å². The average molecular weight is 240 g/mol. The minimum absolute atomic E-state index is 0.696. The van der Waals surface area contributed by atoms with Gasteiger partial charge in [0.25, 0.3) is 0 Å². The van der Waals surface area contributed by atoms with Crippen molar-refractivity contribution in [3.63, 3.8) is 0 Å². The number of H-pyrrole nitrogens is 1. The number of rotatable bonds is 1. The predicted octanol–water partition coefficient (Wildman–Crippen LogP) is 3.47. The van der Waals surface area contributed by atoms with E-state index in [2.05, 4.69) is 41.1 Å². The van der Waals surface area contributed by atoms with E-state index >= 15 is 0 Å². The summed E-state index contributed by atoms with van der Waals surface area (Å²) in [6.45, 7) is 3.51. The smallest absolute Gasteiger partial charge is 0.0459 e. The topological polar surface area (TPSA) is 19.0 Å². The number of aromatic nitrogens is 1. The molecule has 1 aromatic heterocycles. The fourth-order valence-corrected chi connectivity index (χ4v) is 3.58. The predicted molar refractivity (Wildman–Crippen MR) is 74.6 cm³/mol. The highest BCUT2D eigenvalue weighted by atomic mass is 15.2. The highest BCUT2D eigenvalue weighted by Gasteiger charge is 2.33. The molecule has 1 aliphatic carbocycles. The first-order valence-corrected chi connectivity index (χ1v) is 7.17. The van der Waals surface area contributed by atoms with E-state index in [4.69, 9.17) is 0 Å². The molecule has 94 valence electrons. The second-order valence-corrected chi connectivity index (χ2v) is 5.94. The van der Waals surface area contributed by atoms with Crippen molar-refractivity contribution in [2.24, 2.45) is 0 Å². The van der Waals surface area contributed by atoms with Crippen molar-refractivity contribution in [1.29, 1.82) is 0 Å². The molecule has 1 atom stereocenters. The number of hydrogen-bond donors (Lipinski definition) is 1. The highest BCUT2D eigenvalue weighted by Crippen LogP contribution is 2.35. The van der Waals surface area contributed by atoms with Gasteiger partial charge in [0, 0.05) is 35.2 Å². The van der Waals surface area contributed by atoms with E-state index in [1.54, 1.807) is 5.56 Å². The number of benzene rings is 1. The summed E-state index contributed by atoms with van der Waals surface area (Å²) in [5.74, 6) is 0. The fraction of sp³-hybridized carbons (Fsp3) is 0.500. The molecule has 1 aromatic carbocycles. The van der Waals surface area contributed by atoms with Gasteiger partial charge in [-0.2, -0.15) is 0 Å². The van der Waals surface area contributed by atoms with E-state index in [-0.39, 0.29) is 0 Å². The number of hydrogen-bond acceptors (Lipinski definition) is 1. The molecule has 2 aliphatic rings. The van der Waals surface area contributed by atoms with Crippen LogP contribution < -0.4 is 0 Å². The molecule has 4 rings (SSSR count). The Bertz CT molecular complexity index is 580. The normalized spacial score (nSPS) is 25.1. The molecule has 2 heteroatoms. The molecule has 2 aromatic rings. The summed E-state index contributed by atoms with van der Waals surface area (Å²) in [4.78, 5) is 6.34. The summed E-state index contributed by atoms with van der Waals surface area (Å²) >= 11 is 0. The maximum Gasteiger partial charge on any atom is 0.0459 e. The summed E-state index contributed by atoms with van der Waals surface area (Å²) in [7, 11) is 0. The van der Waals surface area contributed by atoms with Gasteiger partial charge in [-0.25, -0.2) is 0 Å². The van der Waals surface area contributed by atoms with Gasteiger partial charge in [-0.05, 0) is 37.8 Å². The van der Waals surface area contributed by atoms with Crippen molar-refractivity contribution in [3.8, 4) is 0 Å². The van der Waals surface area contributed by atoms with E-state index in [1.165, 1.54) is 42.3 Å². The number of nitrogens with zero attached hydrogens (tertiary/aromatic N) is 1. The lowest BCUT2D eigenvalue weighted by molar-refractivity contribution is 0.0693. The molecule has 1 aliphatic heterocycles. The molecule has 2 nitrogen and oxygen atoms in total. The molecule has 1 saturated carbocycles. The molecule has 0 bridgehead atoms. The molecule has 0 radical (unpaired) electrons. The van der Waals surface area contributed by atoms with Gasteiger partial charge in [0.15, 0.2) is 0 Å². The van der Waals surface area contributed by atoms with Gasteiger partial charge >= 0.3 is 0 Å². The second kappa shape index (κ2) is 3.86. The Morgan fingerprint density at radius 1 is 1.22 bits per heavy atom. The van der Waals surface area contributed by atoms with Crippen LogP contribution in [0.3, 0.4) is 0 Å². The maximum absolute atomic E-state index is 3.63. The quantitative estimate of drug-likeness (QED) is 0.808. The zero-order valence-electron chi connectivity index (χ0n) is 10.9. The molecular formula is C16H20N2. The molecule has 0 spiro atoms. The van der Waals surface area contributed by atoms with Crippen LogP contribution in [0.4, 0.5) is 0 Å². The lowest BCUT2D eigenvalue weighted by atomic mass is 9.87. The lowest BCUT2D eigenvalue weighted by Crippen LogP contribution is -2.48. The molecule has 0 saturated heterocycles. The average Bonchev–Trinajstić information content (AvgIpc) is 2.65. The largest absolute Gasteiger partial charge is 0.357 e. The zero-order chi connectivity index (χ0) is 12.1. The van der Waals surface area contributed by atoms with Crippen molar-refractivity contribution < 1.29 is 0 Å². The first-order chi connectivity index (χ1) is 8.83. The molecule has 0 unspecified atom stereocenters. The number of aromatic amines is 1. The maximum atomic E-state index is 3.63. The van der Waals surface area contributed by atoms with Crippen molar-refractivity contribution in [2.45, 2.75) is 51.2 Å². The van der Waals surface area contributed by atoms with Crippen LogP contribution in [-0.4, -0.2) is 22.0 Å². The first-order valence-electron chi connectivity index (χ1n) is 7.17. The SMILES string of the molecule is C[C@@H]1Cc2c([nH]c3ccccc23)CN1C1CCC1. The van der Waals surface area contributed by atoms with Crippen molar-refractivity contribution in [1.82, 2.24) is 9.88 Å². The van der Waals surface area contributed by atoms with Gasteiger partial charge in [-0.15, -0.1) is 0 Å². The van der Waals surface area contributed by atoms with Crippen LogP contribution in [0.25, 0.3) is 10.9 Å². The summed E-state index contributed by atoms with van der Waals surface area (Å²) in [6.07, 6.45) is 5.43. The zero-order valence-corrected chi connectivity index (χ0v) is 10.9. The second-order valence-electron chi connectivity index (χ2n) is 5.94. The van der Waals surface area contributed by atoms with Crippen LogP contribution in [-0.2, 0) is 13.0 Å². The summed E-state index contributed by atoms with van der Waals surface area (Å²) < 4.78 is 0. The van der Waals surface area contributed by atoms with E-state index in [0.717, 1.165) is 12.6 Å². The molecule has 2 heterocycles. The Kier molecular flexibility index (Phi) is 2.28. The van der Waals surface area contributed by atoms with Crippen LogP contribution >= 0.6 is 0 Å². The fourth-order valence-electron chi connectivity index (χ4n) is 3.58. The van der Waals surface area contributed by atoms with Gasteiger partial charge < -0.3 is 4.98 Å². The minimum atomic E-state index is 0.696. The minimum Gasteiger partial charge on any atom is -0.357 e. The van der Waals surface area contributed by atoms with E-state index in [1.807, 2.05) is 0 Å². The molecule has 1 N–H and O–H groups in total. The summed E-state index contributed by atoms with van der Waals surface area (Å²) in [5.41, 5.74) is 4.33. The lowest BCUT2D eigenvalue weighted by Gasteiger charge is -2.43. The van der Waals surface area contributed by atoms with Crippen molar-refractivity contribution in [3.05, 3.63) is 35.5 Å².